The zero-order chi connectivity index (χ0) is 14.6. The summed E-state index contributed by atoms with van der Waals surface area (Å²) < 4.78 is 0.977. The summed E-state index contributed by atoms with van der Waals surface area (Å²) in [7, 11) is 0. The van der Waals surface area contributed by atoms with Gasteiger partial charge in [0, 0.05) is 4.47 Å². The molecule has 106 valence electrons. The van der Waals surface area contributed by atoms with E-state index in [2.05, 4.69) is 33.2 Å². The van der Waals surface area contributed by atoms with Crippen molar-refractivity contribution in [2.75, 3.05) is 0 Å². The number of carbonyl (C=O) groups is 2. The maximum Gasteiger partial charge on any atom is 0.254 e. The Morgan fingerprint density at radius 1 is 1.05 bits per heavy atom. The van der Waals surface area contributed by atoms with E-state index in [9.17, 15) is 9.59 Å². The lowest BCUT2D eigenvalue weighted by molar-refractivity contribution is -0.140. The van der Waals surface area contributed by atoms with Crippen LogP contribution in [-0.4, -0.2) is 23.0 Å². The molecule has 1 aromatic rings. The highest BCUT2D eigenvalue weighted by Gasteiger charge is 2.59. The summed E-state index contributed by atoms with van der Waals surface area (Å²) in [6, 6.07) is 7.55. The first-order chi connectivity index (χ1) is 10.1. The Kier molecular flexibility index (Phi) is 2.85. The van der Waals surface area contributed by atoms with E-state index in [1.807, 2.05) is 24.3 Å². The largest absolute Gasteiger partial charge is 0.272 e. The highest BCUT2D eigenvalue weighted by molar-refractivity contribution is 9.10. The molecule has 1 aliphatic heterocycles. The van der Waals surface area contributed by atoms with E-state index in [4.69, 9.17) is 0 Å². The third kappa shape index (κ3) is 1.91. The van der Waals surface area contributed by atoms with Crippen LogP contribution in [0.15, 0.2) is 46.0 Å². The Balaban J connectivity index is 1.58. The van der Waals surface area contributed by atoms with Crippen LogP contribution in [0.5, 0.6) is 0 Å². The molecule has 4 nitrogen and oxygen atoms in total. The van der Waals surface area contributed by atoms with Crippen molar-refractivity contribution < 1.29 is 9.59 Å². The molecule has 0 unspecified atom stereocenters. The van der Waals surface area contributed by atoms with Crippen LogP contribution in [0, 0.1) is 23.7 Å². The minimum absolute atomic E-state index is 0.143. The fraction of sp³-hybridized carbons (Fsp3) is 0.312. The standard InChI is InChI=1S/C16H13BrN2O2/c17-12-5-1-9(2-6-12)8-18-19-15(20)13-10-3-4-11(7-10)14(13)16(19)21/h1-6,8,10-11,13-14H,7H2/b18-8-/t10-,11-,13+,14+/m0/s1. The number of benzene rings is 1. The number of amides is 2. The van der Waals surface area contributed by atoms with Gasteiger partial charge in [0.1, 0.15) is 0 Å². The van der Waals surface area contributed by atoms with Crippen LogP contribution in [0.3, 0.4) is 0 Å². The van der Waals surface area contributed by atoms with Crippen LogP contribution in [0.1, 0.15) is 12.0 Å². The number of fused-ring (bicyclic) bond motifs is 5. The van der Waals surface area contributed by atoms with Gasteiger partial charge in [-0.25, -0.2) is 0 Å². The fourth-order valence-corrected chi connectivity index (χ4v) is 3.94. The second-order valence-corrected chi connectivity index (χ2v) is 6.70. The van der Waals surface area contributed by atoms with Gasteiger partial charge in [-0.3, -0.25) is 9.59 Å². The molecule has 1 saturated carbocycles. The fourth-order valence-electron chi connectivity index (χ4n) is 3.67. The van der Waals surface area contributed by atoms with E-state index in [1.165, 1.54) is 0 Å². The van der Waals surface area contributed by atoms with Crippen molar-refractivity contribution in [1.29, 1.82) is 0 Å². The number of hydrazone groups is 1. The Morgan fingerprint density at radius 3 is 2.19 bits per heavy atom. The van der Waals surface area contributed by atoms with Crippen molar-refractivity contribution in [2.24, 2.45) is 28.8 Å². The number of rotatable bonds is 2. The van der Waals surface area contributed by atoms with Gasteiger partial charge in [0.2, 0.25) is 0 Å². The number of hydrogen-bond acceptors (Lipinski definition) is 3. The van der Waals surface area contributed by atoms with E-state index in [-0.39, 0.29) is 35.5 Å². The molecule has 2 aliphatic carbocycles. The molecule has 0 spiro atoms. The number of hydrogen-bond donors (Lipinski definition) is 0. The molecule has 3 aliphatic rings. The smallest absolute Gasteiger partial charge is 0.254 e. The lowest BCUT2D eigenvalue weighted by atomic mass is 9.85. The molecule has 0 aromatic heterocycles. The quantitative estimate of drug-likeness (QED) is 0.470. The van der Waals surface area contributed by atoms with Crippen molar-refractivity contribution in [3.63, 3.8) is 0 Å². The SMILES string of the molecule is O=C1[C@H]2[C@H](C(=O)N1/N=C\c1ccc(Br)cc1)[C@H]1C=C[C@H]2C1. The summed E-state index contributed by atoms with van der Waals surface area (Å²) in [5.41, 5.74) is 0.858. The van der Waals surface area contributed by atoms with E-state index >= 15 is 0 Å². The Hall–Kier alpha value is -1.75. The number of allylic oxidation sites excluding steroid dienone is 2. The minimum atomic E-state index is -0.186. The number of carbonyl (C=O) groups excluding carboxylic acids is 2. The van der Waals surface area contributed by atoms with E-state index in [1.54, 1.807) is 6.21 Å². The first-order valence-electron chi connectivity index (χ1n) is 7.01. The van der Waals surface area contributed by atoms with Gasteiger partial charge < -0.3 is 0 Å². The Labute approximate surface area is 130 Å². The van der Waals surface area contributed by atoms with Gasteiger partial charge in [0.25, 0.3) is 11.8 Å². The molecule has 1 saturated heterocycles. The molecule has 4 rings (SSSR count). The van der Waals surface area contributed by atoms with Crippen molar-refractivity contribution in [3.8, 4) is 0 Å². The van der Waals surface area contributed by atoms with Crippen LogP contribution < -0.4 is 0 Å². The molecule has 2 bridgehead atoms. The van der Waals surface area contributed by atoms with Crippen LogP contribution in [-0.2, 0) is 9.59 Å². The zero-order valence-electron chi connectivity index (χ0n) is 11.1. The predicted molar refractivity (Wildman–Crippen MR) is 81.3 cm³/mol. The molecular formula is C16H13BrN2O2. The predicted octanol–water partition coefficient (Wildman–Crippen LogP) is 2.59. The third-order valence-electron chi connectivity index (χ3n) is 4.64. The third-order valence-corrected chi connectivity index (χ3v) is 5.17. The first-order valence-corrected chi connectivity index (χ1v) is 7.80. The van der Waals surface area contributed by atoms with Gasteiger partial charge in [0.15, 0.2) is 0 Å². The summed E-state index contributed by atoms with van der Waals surface area (Å²) in [4.78, 5) is 24.8. The maximum atomic E-state index is 12.4. The van der Waals surface area contributed by atoms with E-state index in [0.717, 1.165) is 21.5 Å². The number of nitrogens with zero attached hydrogens (tertiary/aromatic N) is 2. The lowest BCUT2D eigenvalue weighted by Crippen LogP contribution is -2.28. The second kappa shape index (κ2) is 4.63. The molecule has 2 fully saturated rings. The van der Waals surface area contributed by atoms with Gasteiger partial charge in [0.05, 0.1) is 18.1 Å². The first kappa shape index (κ1) is 13.0. The van der Waals surface area contributed by atoms with Gasteiger partial charge in [-0.05, 0) is 36.0 Å². The average Bonchev–Trinajstić information content (AvgIpc) is 3.14. The summed E-state index contributed by atoms with van der Waals surface area (Å²) in [6.07, 6.45) is 6.67. The summed E-state index contributed by atoms with van der Waals surface area (Å²) >= 11 is 3.36. The topological polar surface area (TPSA) is 49.7 Å². The van der Waals surface area contributed by atoms with Gasteiger partial charge >= 0.3 is 0 Å². The Bertz CT molecular complexity index is 650. The molecular weight excluding hydrogens is 332 g/mol. The van der Waals surface area contributed by atoms with Gasteiger partial charge in [-0.15, -0.1) is 0 Å². The lowest BCUT2D eigenvalue weighted by Gasteiger charge is -2.13. The molecule has 2 amide bonds. The Morgan fingerprint density at radius 2 is 1.62 bits per heavy atom. The molecule has 1 aromatic carbocycles. The van der Waals surface area contributed by atoms with Crippen molar-refractivity contribution in [3.05, 3.63) is 46.5 Å². The molecule has 0 N–H and O–H groups in total. The summed E-state index contributed by atoms with van der Waals surface area (Å²) in [5.74, 6) is -0.205. The van der Waals surface area contributed by atoms with Crippen molar-refractivity contribution >= 4 is 34.0 Å². The number of imide groups is 1. The maximum absolute atomic E-state index is 12.4. The van der Waals surface area contributed by atoms with E-state index < -0.39 is 0 Å². The monoisotopic (exact) mass is 344 g/mol. The highest BCUT2D eigenvalue weighted by Crippen LogP contribution is 2.52. The minimum Gasteiger partial charge on any atom is -0.272 e. The zero-order valence-corrected chi connectivity index (χ0v) is 12.7. The molecule has 0 radical (unpaired) electrons. The molecule has 21 heavy (non-hydrogen) atoms. The highest BCUT2D eigenvalue weighted by atomic mass is 79.9. The molecule has 5 heteroatoms. The van der Waals surface area contributed by atoms with Gasteiger partial charge in [-0.2, -0.15) is 10.1 Å². The number of halogens is 1. The summed E-state index contributed by atoms with van der Waals surface area (Å²) in [5, 5.41) is 5.20. The van der Waals surface area contributed by atoms with Crippen LogP contribution in [0.2, 0.25) is 0 Å². The average molecular weight is 345 g/mol. The molecule has 4 atom stereocenters. The summed E-state index contributed by atoms with van der Waals surface area (Å²) in [6.45, 7) is 0. The van der Waals surface area contributed by atoms with Crippen molar-refractivity contribution in [2.45, 2.75) is 6.42 Å². The van der Waals surface area contributed by atoms with Crippen LogP contribution >= 0.6 is 15.9 Å². The molecule has 1 heterocycles. The van der Waals surface area contributed by atoms with E-state index in [0.29, 0.717) is 0 Å². The van der Waals surface area contributed by atoms with Crippen LogP contribution in [0.25, 0.3) is 0 Å². The van der Waals surface area contributed by atoms with Gasteiger partial charge in [-0.1, -0.05) is 40.2 Å². The normalized spacial score (nSPS) is 33.5. The second-order valence-electron chi connectivity index (χ2n) is 5.78. The van der Waals surface area contributed by atoms with Crippen molar-refractivity contribution in [1.82, 2.24) is 5.01 Å². The van der Waals surface area contributed by atoms with Crippen LogP contribution in [0.4, 0.5) is 0 Å².